The molecular formula is C21H16N4O4. The van der Waals surface area contributed by atoms with Gasteiger partial charge in [0.2, 0.25) is 0 Å². The fourth-order valence-electron chi connectivity index (χ4n) is 2.66. The summed E-state index contributed by atoms with van der Waals surface area (Å²) in [6.07, 6.45) is 4.72. The van der Waals surface area contributed by atoms with Gasteiger partial charge in [0.15, 0.2) is 17.2 Å². The van der Waals surface area contributed by atoms with Crippen molar-refractivity contribution in [1.82, 2.24) is 15.5 Å². The van der Waals surface area contributed by atoms with E-state index in [4.69, 9.17) is 8.94 Å². The zero-order valence-corrected chi connectivity index (χ0v) is 15.2. The number of benzene rings is 1. The van der Waals surface area contributed by atoms with Gasteiger partial charge in [-0.2, -0.15) is 0 Å². The van der Waals surface area contributed by atoms with Gasteiger partial charge in [0.25, 0.3) is 11.8 Å². The fraction of sp³-hybridized carbons (Fsp3) is 0.0476. The highest BCUT2D eigenvalue weighted by Gasteiger charge is 2.14. The van der Waals surface area contributed by atoms with Crippen molar-refractivity contribution in [2.45, 2.75) is 6.54 Å². The summed E-state index contributed by atoms with van der Waals surface area (Å²) in [6.45, 7) is 0.262. The number of nitrogens with zero attached hydrogens (tertiary/aromatic N) is 2. The van der Waals surface area contributed by atoms with Crippen LogP contribution in [0.5, 0.6) is 0 Å². The molecule has 0 unspecified atom stereocenters. The van der Waals surface area contributed by atoms with Gasteiger partial charge >= 0.3 is 0 Å². The predicted octanol–water partition coefficient (Wildman–Crippen LogP) is 3.51. The molecule has 0 atom stereocenters. The third-order valence-electron chi connectivity index (χ3n) is 4.07. The number of nitrogens with one attached hydrogen (secondary N) is 2. The van der Waals surface area contributed by atoms with Crippen molar-refractivity contribution in [1.29, 1.82) is 0 Å². The Morgan fingerprint density at radius 3 is 2.72 bits per heavy atom. The van der Waals surface area contributed by atoms with Crippen LogP contribution in [0.25, 0.3) is 11.3 Å². The van der Waals surface area contributed by atoms with Gasteiger partial charge in [-0.15, -0.1) is 0 Å². The van der Waals surface area contributed by atoms with E-state index in [9.17, 15) is 9.59 Å². The van der Waals surface area contributed by atoms with Crippen LogP contribution in [0.15, 0.2) is 82.2 Å². The Morgan fingerprint density at radius 1 is 1.00 bits per heavy atom. The molecule has 0 aliphatic rings. The Bertz CT molecular complexity index is 1120. The Hall–Kier alpha value is -4.20. The lowest BCUT2D eigenvalue weighted by atomic mass is 10.2. The molecule has 0 saturated heterocycles. The van der Waals surface area contributed by atoms with Gasteiger partial charge in [-0.25, -0.2) is 0 Å². The van der Waals surface area contributed by atoms with Crippen LogP contribution in [0, 0.1) is 0 Å². The second-order valence-corrected chi connectivity index (χ2v) is 6.13. The van der Waals surface area contributed by atoms with Crippen molar-refractivity contribution in [2.75, 3.05) is 5.32 Å². The highest BCUT2D eigenvalue weighted by molar-refractivity contribution is 6.02. The highest BCUT2D eigenvalue weighted by Crippen LogP contribution is 2.19. The average molecular weight is 388 g/mol. The maximum absolute atomic E-state index is 12.3. The van der Waals surface area contributed by atoms with Gasteiger partial charge in [-0.05, 0) is 42.0 Å². The molecule has 0 radical (unpaired) electrons. The molecule has 4 aromatic rings. The van der Waals surface area contributed by atoms with Crippen LogP contribution in [0.1, 0.15) is 26.6 Å². The molecule has 0 aliphatic carbocycles. The summed E-state index contributed by atoms with van der Waals surface area (Å²) in [4.78, 5) is 28.4. The Labute approximate surface area is 165 Å². The van der Waals surface area contributed by atoms with E-state index in [0.29, 0.717) is 11.4 Å². The van der Waals surface area contributed by atoms with E-state index in [1.807, 2.05) is 12.1 Å². The van der Waals surface area contributed by atoms with Crippen LogP contribution < -0.4 is 10.6 Å². The number of amides is 2. The van der Waals surface area contributed by atoms with E-state index in [-0.39, 0.29) is 29.8 Å². The summed E-state index contributed by atoms with van der Waals surface area (Å²) >= 11 is 0. The molecule has 0 aliphatic heterocycles. The maximum atomic E-state index is 12.3. The quantitative estimate of drug-likeness (QED) is 0.523. The second-order valence-electron chi connectivity index (χ2n) is 6.13. The van der Waals surface area contributed by atoms with Crippen LogP contribution >= 0.6 is 0 Å². The van der Waals surface area contributed by atoms with E-state index in [2.05, 4.69) is 20.8 Å². The highest BCUT2D eigenvalue weighted by atomic mass is 16.5. The molecule has 0 spiro atoms. The van der Waals surface area contributed by atoms with Gasteiger partial charge in [0, 0.05) is 36.3 Å². The second kappa shape index (κ2) is 8.22. The van der Waals surface area contributed by atoms with Gasteiger partial charge in [0.1, 0.15) is 0 Å². The largest absolute Gasteiger partial charge is 0.459 e. The minimum absolute atomic E-state index is 0.172. The SMILES string of the molecule is O=C(NCc1cccc(NC(=O)c2ccco2)c1)c1cc(-c2cccnc2)on1. The minimum Gasteiger partial charge on any atom is -0.459 e. The molecule has 0 bridgehead atoms. The van der Waals surface area contributed by atoms with E-state index in [1.165, 1.54) is 6.26 Å². The third kappa shape index (κ3) is 4.38. The Balaban J connectivity index is 1.37. The summed E-state index contributed by atoms with van der Waals surface area (Å²) in [6, 6.07) is 15.5. The summed E-state index contributed by atoms with van der Waals surface area (Å²) < 4.78 is 10.3. The van der Waals surface area contributed by atoms with Crippen molar-refractivity contribution in [3.63, 3.8) is 0 Å². The summed E-state index contributed by atoms with van der Waals surface area (Å²) in [7, 11) is 0. The van der Waals surface area contributed by atoms with Crippen molar-refractivity contribution in [3.05, 3.63) is 90.3 Å². The topological polar surface area (TPSA) is 110 Å². The van der Waals surface area contributed by atoms with Gasteiger partial charge in [0.05, 0.1) is 6.26 Å². The molecule has 29 heavy (non-hydrogen) atoms. The number of hydrogen-bond donors (Lipinski definition) is 2. The molecule has 144 valence electrons. The van der Waals surface area contributed by atoms with E-state index in [0.717, 1.165) is 11.1 Å². The number of rotatable bonds is 6. The Kier molecular flexibility index (Phi) is 5.15. The fourth-order valence-corrected chi connectivity index (χ4v) is 2.66. The molecule has 3 aromatic heterocycles. The zero-order chi connectivity index (χ0) is 20.1. The van der Waals surface area contributed by atoms with Crippen molar-refractivity contribution >= 4 is 17.5 Å². The van der Waals surface area contributed by atoms with E-state index >= 15 is 0 Å². The average Bonchev–Trinajstić information content (AvgIpc) is 3.45. The van der Waals surface area contributed by atoms with Crippen LogP contribution in [-0.4, -0.2) is 22.0 Å². The summed E-state index contributed by atoms with van der Waals surface area (Å²) in [5.41, 5.74) is 2.32. The molecular weight excluding hydrogens is 372 g/mol. The predicted molar refractivity (Wildman–Crippen MR) is 104 cm³/mol. The van der Waals surface area contributed by atoms with Gasteiger partial charge in [-0.1, -0.05) is 17.3 Å². The molecule has 4 rings (SSSR count). The van der Waals surface area contributed by atoms with Crippen molar-refractivity contribution < 1.29 is 18.5 Å². The van der Waals surface area contributed by atoms with Gasteiger partial charge in [-0.3, -0.25) is 14.6 Å². The molecule has 8 nitrogen and oxygen atoms in total. The van der Waals surface area contributed by atoms with Crippen LogP contribution in [0.3, 0.4) is 0 Å². The summed E-state index contributed by atoms with van der Waals surface area (Å²) in [5, 5.41) is 9.33. The number of carbonyl (C=O) groups is 2. The van der Waals surface area contributed by atoms with Crippen molar-refractivity contribution in [3.8, 4) is 11.3 Å². The third-order valence-corrected chi connectivity index (χ3v) is 4.07. The smallest absolute Gasteiger partial charge is 0.291 e. The lowest BCUT2D eigenvalue weighted by molar-refractivity contribution is 0.0940. The molecule has 3 heterocycles. The number of anilines is 1. The standard InChI is InChI=1S/C21H16N4O4/c26-20(17-11-19(29-25-17)15-5-2-8-22-13-15)23-12-14-4-1-6-16(10-14)24-21(27)18-7-3-9-28-18/h1-11,13H,12H2,(H,23,26)(H,24,27). The molecule has 2 amide bonds. The molecule has 2 N–H and O–H groups in total. The molecule has 0 fully saturated rings. The first kappa shape index (κ1) is 18.2. The summed E-state index contributed by atoms with van der Waals surface area (Å²) in [5.74, 6) is -0.0272. The first-order valence-electron chi connectivity index (χ1n) is 8.78. The zero-order valence-electron chi connectivity index (χ0n) is 15.2. The number of aromatic nitrogens is 2. The lowest BCUT2D eigenvalue weighted by Gasteiger charge is -2.07. The Morgan fingerprint density at radius 2 is 1.93 bits per heavy atom. The van der Waals surface area contributed by atoms with E-state index < -0.39 is 0 Å². The van der Waals surface area contributed by atoms with Crippen LogP contribution in [0.2, 0.25) is 0 Å². The minimum atomic E-state index is -0.367. The maximum Gasteiger partial charge on any atom is 0.291 e. The molecule has 8 heteroatoms. The number of pyridine rings is 1. The van der Waals surface area contributed by atoms with E-state index in [1.54, 1.807) is 54.9 Å². The first-order valence-corrected chi connectivity index (χ1v) is 8.78. The normalized spacial score (nSPS) is 10.5. The number of carbonyl (C=O) groups excluding carboxylic acids is 2. The molecule has 0 saturated carbocycles. The van der Waals surface area contributed by atoms with Crippen molar-refractivity contribution in [2.24, 2.45) is 0 Å². The van der Waals surface area contributed by atoms with Crippen LogP contribution in [-0.2, 0) is 6.54 Å². The number of hydrogen-bond acceptors (Lipinski definition) is 6. The molecule has 1 aromatic carbocycles. The number of furan rings is 1. The lowest BCUT2D eigenvalue weighted by Crippen LogP contribution is -2.23. The van der Waals surface area contributed by atoms with Crippen LogP contribution in [0.4, 0.5) is 5.69 Å². The monoisotopic (exact) mass is 388 g/mol. The van der Waals surface area contributed by atoms with Gasteiger partial charge < -0.3 is 19.6 Å². The first-order chi connectivity index (χ1) is 14.2.